The molecule has 0 aliphatic rings. The van der Waals surface area contributed by atoms with Crippen molar-refractivity contribution in [3.8, 4) is 0 Å². The number of carbonyl (C=O) groups is 1. The lowest BCUT2D eigenvalue weighted by Gasteiger charge is -2.15. The van der Waals surface area contributed by atoms with E-state index in [0.717, 1.165) is 18.5 Å². The number of benzene rings is 1. The maximum atomic E-state index is 11.7. The van der Waals surface area contributed by atoms with Gasteiger partial charge in [-0.25, -0.2) is 0 Å². The smallest absolute Gasteiger partial charge is 0.234 e. The van der Waals surface area contributed by atoms with Crippen LogP contribution in [0.15, 0.2) is 24.3 Å². The third-order valence-electron chi connectivity index (χ3n) is 2.59. The van der Waals surface area contributed by atoms with Crippen LogP contribution in [-0.4, -0.2) is 37.5 Å². The van der Waals surface area contributed by atoms with E-state index in [0.29, 0.717) is 24.7 Å². The molecular formula is C13H20ClN3O. The summed E-state index contributed by atoms with van der Waals surface area (Å²) >= 11 is 6.01. The van der Waals surface area contributed by atoms with Gasteiger partial charge in [-0.3, -0.25) is 9.69 Å². The van der Waals surface area contributed by atoms with Crippen molar-refractivity contribution in [1.82, 2.24) is 10.2 Å². The number of nitrogens with one attached hydrogen (secondary N) is 1. The second-order valence-corrected chi connectivity index (χ2v) is 4.66. The standard InChI is InChI=1S/C13H20ClN3O/c1-17(8-4-7-15)10-13(18)16-9-11-5-2-3-6-12(11)14/h2-3,5-6H,4,7-10,15H2,1H3,(H,16,18). The highest BCUT2D eigenvalue weighted by Crippen LogP contribution is 2.14. The average molecular weight is 270 g/mol. The molecule has 100 valence electrons. The summed E-state index contributed by atoms with van der Waals surface area (Å²) in [6, 6.07) is 7.49. The van der Waals surface area contributed by atoms with Gasteiger partial charge < -0.3 is 11.1 Å². The first-order chi connectivity index (χ1) is 8.63. The van der Waals surface area contributed by atoms with Crippen LogP contribution in [0.25, 0.3) is 0 Å². The topological polar surface area (TPSA) is 58.4 Å². The predicted molar refractivity (Wildman–Crippen MR) is 74.5 cm³/mol. The van der Waals surface area contributed by atoms with Gasteiger partial charge >= 0.3 is 0 Å². The van der Waals surface area contributed by atoms with E-state index in [4.69, 9.17) is 17.3 Å². The lowest BCUT2D eigenvalue weighted by molar-refractivity contribution is -0.122. The Morgan fingerprint density at radius 2 is 2.17 bits per heavy atom. The van der Waals surface area contributed by atoms with Gasteiger partial charge in [0.05, 0.1) is 6.54 Å². The van der Waals surface area contributed by atoms with E-state index < -0.39 is 0 Å². The van der Waals surface area contributed by atoms with Gasteiger partial charge in [0, 0.05) is 11.6 Å². The Morgan fingerprint density at radius 1 is 1.44 bits per heavy atom. The maximum absolute atomic E-state index is 11.7. The van der Waals surface area contributed by atoms with Crippen molar-refractivity contribution < 1.29 is 4.79 Å². The minimum Gasteiger partial charge on any atom is -0.351 e. The van der Waals surface area contributed by atoms with Crippen LogP contribution in [0.1, 0.15) is 12.0 Å². The zero-order chi connectivity index (χ0) is 13.4. The number of carbonyl (C=O) groups excluding carboxylic acids is 1. The third kappa shape index (κ3) is 5.49. The second kappa shape index (κ2) is 8.08. The molecule has 0 fully saturated rings. The quantitative estimate of drug-likeness (QED) is 0.783. The van der Waals surface area contributed by atoms with Crippen LogP contribution in [0.2, 0.25) is 5.02 Å². The normalized spacial score (nSPS) is 10.7. The molecule has 0 aliphatic carbocycles. The molecule has 3 N–H and O–H groups in total. The van der Waals surface area contributed by atoms with Crippen molar-refractivity contribution in [1.29, 1.82) is 0 Å². The van der Waals surface area contributed by atoms with Gasteiger partial charge in [-0.05, 0) is 38.2 Å². The summed E-state index contributed by atoms with van der Waals surface area (Å²) in [7, 11) is 1.91. The van der Waals surface area contributed by atoms with Crippen molar-refractivity contribution in [2.24, 2.45) is 5.73 Å². The number of hydrogen-bond acceptors (Lipinski definition) is 3. The van der Waals surface area contributed by atoms with Crippen LogP contribution in [0, 0.1) is 0 Å². The van der Waals surface area contributed by atoms with Gasteiger partial charge in [0.2, 0.25) is 5.91 Å². The Balaban J connectivity index is 2.31. The van der Waals surface area contributed by atoms with Crippen molar-refractivity contribution in [2.45, 2.75) is 13.0 Å². The minimum atomic E-state index is -0.00515. The molecule has 0 atom stereocenters. The monoisotopic (exact) mass is 269 g/mol. The number of nitrogens with two attached hydrogens (primary N) is 1. The van der Waals surface area contributed by atoms with Crippen LogP contribution in [-0.2, 0) is 11.3 Å². The highest BCUT2D eigenvalue weighted by Gasteiger charge is 2.06. The molecule has 0 aliphatic heterocycles. The molecule has 0 heterocycles. The SMILES string of the molecule is CN(CCCN)CC(=O)NCc1ccccc1Cl. The molecule has 0 bridgehead atoms. The van der Waals surface area contributed by atoms with Crippen molar-refractivity contribution in [3.05, 3.63) is 34.9 Å². The summed E-state index contributed by atoms with van der Waals surface area (Å²) in [5.41, 5.74) is 6.34. The summed E-state index contributed by atoms with van der Waals surface area (Å²) in [6.45, 7) is 2.31. The van der Waals surface area contributed by atoms with Gasteiger partial charge in [0.15, 0.2) is 0 Å². The molecular weight excluding hydrogens is 250 g/mol. The molecule has 0 saturated heterocycles. The van der Waals surface area contributed by atoms with E-state index in [9.17, 15) is 4.79 Å². The molecule has 0 aromatic heterocycles. The van der Waals surface area contributed by atoms with Gasteiger partial charge in [-0.2, -0.15) is 0 Å². The second-order valence-electron chi connectivity index (χ2n) is 4.25. The van der Waals surface area contributed by atoms with Crippen molar-refractivity contribution >= 4 is 17.5 Å². The fraction of sp³-hybridized carbons (Fsp3) is 0.462. The van der Waals surface area contributed by atoms with E-state index in [2.05, 4.69) is 5.32 Å². The number of hydrogen-bond donors (Lipinski definition) is 2. The summed E-state index contributed by atoms with van der Waals surface area (Å²) in [5, 5.41) is 3.53. The van der Waals surface area contributed by atoms with E-state index >= 15 is 0 Å². The van der Waals surface area contributed by atoms with Gasteiger partial charge in [0.1, 0.15) is 0 Å². The molecule has 1 rings (SSSR count). The van der Waals surface area contributed by atoms with Crippen LogP contribution in [0.5, 0.6) is 0 Å². The van der Waals surface area contributed by atoms with Gasteiger partial charge in [0.25, 0.3) is 0 Å². The highest BCUT2D eigenvalue weighted by atomic mass is 35.5. The molecule has 4 nitrogen and oxygen atoms in total. The van der Waals surface area contributed by atoms with E-state index in [-0.39, 0.29) is 5.91 Å². The molecule has 18 heavy (non-hydrogen) atoms. The Labute approximate surface area is 113 Å². The molecule has 1 aromatic rings. The molecule has 5 heteroatoms. The highest BCUT2D eigenvalue weighted by molar-refractivity contribution is 6.31. The largest absolute Gasteiger partial charge is 0.351 e. The summed E-state index contributed by atoms with van der Waals surface area (Å²) in [6.07, 6.45) is 0.897. The molecule has 0 saturated carbocycles. The van der Waals surface area contributed by atoms with Crippen LogP contribution < -0.4 is 11.1 Å². The molecule has 0 unspecified atom stereocenters. The molecule has 1 amide bonds. The first-order valence-corrected chi connectivity index (χ1v) is 6.40. The first kappa shape index (κ1) is 15.0. The van der Waals surface area contributed by atoms with Gasteiger partial charge in [-0.15, -0.1) is 0 Å². The first-order valence-electron chi connectivity index (χ1n) is 6.02. The van der Waals surface area contributed by atoms with Crippen molar-refractivity contribution in [3.63, 3.8) is 0 Å². The lowest BCUT2D eigenvalue weighted by atomic mass is 10.2. The summed E-state index contributed by atoms with van der Waals surface area (Å²) in [5.74, 6) is -0.00515. The van der Waals surface area contributed by atoms with Crippen LogP contribution in [0.3, 0.4) is 0 Å². The van der Waals surface area contributed by atoms with E-state index in [1.807, 2.05) is 36.2 Å². The maximum Gasteiger partial charge on any atom is 0.234 e. The Kier molecular flexibility index (Phi) is 6.72. The third-order valence-corrected chi connectivity index (χ3v) is 2.96. The van der Waals surface area contributed by atoms with E-state index in [1.54, 1.807) is 0 Å². The summed E-state index contributed by atoms with van der Waals surface area (Å²) in [4.78, 5) is 13.6. The number of amides is 1. The number of likely N-dealkylation sites (N-methyl/N-ethyl adjacent to an activating group) is 1. The Morgan fingerprint density at radius 3 is 2.83 bits per heavy atom. The summed E-state index contributed by atoms with van der Waals surface area (Å²) < 4.78 is 0. The Hall–Kier alpha value is -1.10. The number of nitrogens with zero attached hydrogens (tertiary/aromatic N) is 1. The fourth-order valence-electron chi connectivity index (χ4n) is 1.58. The lowest BCUT2D eigenvalue weighted by Crippen LogP contribution is -2.35. The average Bonchev–Trinajstić information content (AvgIpc) is 2.35. The van der Waals surface area contributed by atoms with Crippen molar-refractivity contribution in [2.75, 3.05) is 26.7 Å². The van der Waals surface area contributed by atoms with E-state index in [1.165, 1.54) is 0 Å². The zero-order valence-corrected chi connectivity index (χ0v) is 11.4. The predicted octanol–water partition coefficient (Wildman–Crippen LogP) is 1.24. The minimum absolute atomic E-state index is 0.00515. The van der Waals surface area contributed by atoms with Crippen LogP contribution in [0.4, 0.5) is 0 Å². The van der Waals surface area contributed by atoms with Crippen LogP contribution >= 0.6 is 11.6 Å². The molecule has 0 radical (unpaired) electrons. The van der Waals surface area contributed by atoms with Gasteiger partial charge in [-0.1, -0.05) is 29.8 Å². The Bertz CT molecular complexity index is 384. The number of rotatable bonds is 7. The molecule has 1 aromatic carbocycles. The fourth-order valence-corrected chi connectivity index (χ4v) is 1.78. The zero-order valence-electron chi connectivity index (χ0n) is 10.7. The molecule has 0 spiro atoms. The number of halogens is 1.